The molecular weight excluding hydrogens is 877 g/mol. The molecule has 0 spiro atoms. The maximum Gasteiger partial charge on any atom is 0.197 e. The standard InChI is InChI=1S/C68H80N2O2/c71-67-53-35-19-21-37-61(53)69(51-39-55(45-23-7-1-8-24-45)65(49-31-15-5-16-32-49)56(40-51)46-25-9-2-10-26-46)63-43-60-64(44-59(63)67)70(62-38-22-20-36-54(62)68(60)72)52-41-57(47-27-11-3-12-28-47)66(50-33-17-6-18-34-50)58(42-52)48-29-13-4-14-30-48/h19-22,35-50H,1-18,23-34H2. The first-order chi connectivity index (χ1) is 35.6. The first-order valence-corrected chi connectivity index (χ1v) is 30.0. The second-order valence-corrected chi connectivity index (χ2v) is 24.3. The van der Waals surface area contributed by atoms with Crippen LogP contribution in [0, 0.1) is 0 Å². The van der Waals surface area contributed by atoms with E-state index in [0.29, 0.717) is 46.3 Å². The van der Waals surface area contributed by atoms with E-state index in [9.17, 15) is 0 Å². The molecule has 0 atom stereocenters. The van der Waals surface area contributed by atoms with Crippen LogP contribution in [0.25, 0.3) is 55.0 Å². The SMILES string of the molecule is O=c1c2ccccc2n(-c2cc(C3CCCCC3)c(C3CCCCC3)c(C3CCCCC3)c2)c2cc3c(=O)c4ccccc4n(-c4cc(C5CCCCC5)c(C5CCCCC5)c(C5CCCCC5)c4)c3cc12. The molecule has 0 N–H and O–H groups in total. The predicted octanol–water partition coefficient (Wildman–Crippen LogP) is 18.9. The van der Waals surface area contributed by atoms with Gasteiger partial charge in [0.1, 0.15) is 0 Å². The van der Waals surface area contributed by atoms with E-state index in [4.69, 9.17) is 0 Å². The lowest BCUT2D eigenvalue weighted by atomic mass is 9.70. The maximum absolute atomic E-state index is 15.4. The molecule has 13 rings (SSSR count). The molecule has 0 amide bonds. The molecule has 374 valence electrons. The average molecular weight is 957 g/mol. The average Bonchev–Trinajstić information content (AvgIpc) is 3.46. The van der Waals surface area contributed by atoms with E-state index in [1.807, 2.05) is 12.1 Å². The lowest BCUT2D eigenvalue weighted by Gasteiger charge is -2.35. The Balaban J connectivity index is 1.10. The van der Waals surface area contributed by atoms with Gasteiger partial charge in [-0.3, -0.25) is 9.59 Å². The number of aromatic nitrogens is 2. The minimum absolute atomic E-state index is 0.0585. The molecule has 72 heavy (non-hydrogen) atoms. The highest BCUT2D eigenvalue weighted by Gasteiger charge is 2.34. The van der Waals surface area contributed by atoms with Gasteiger partial charge < -0.3 is 9.13 Å². The van der Waals surface area contributed by atoms with Gasteiger partial charge in [-0.15, -0.1) is 0 Å². The maximum atomic E-state index is 15.4. The summed E-state index contributed by atoms with van der Waals surface area (Å²) in [7, 11) is 0. The van der Waals surface area contributed by atoms with Gasteiger partial charge in [-0.2, -0.15) is 0 Å². The van der Waals surface area contributed by atoms with Crippen LogP contribution in [-0.2, 0) is 0 Å². The van der Waals surface area contributed by atoms with Gasteiger partial charge in [0.15, 0.2) is 10.9 Å². The zero-order chi connectivity index (χ0) is 48.1. The van der Waals surface area contributed by atoms with Gasteiger partial charge in [0.2, 0.25) is 0 Å². The van der Waals surface area contributed by atoms with Gasteiger partial charge in [0.25, 0.3) is 0 Å². The summed E-state index contributed by atoms with van der Waals surface area (Å²) in [6, 6.07) is 31.5. The molecule has 2 aromatic heterocycles. The van der Waals surface area contributed by atoms with Crippen LogP contribution in [0.3, 0.4) is 0 Å². The molecule has 6 aliphatic carbocycles. The predicted molar refractivity (Wildman–Crippen MR) is 303 cm³/mol. The van der Waals surface area contributed by atoms with E-state index in [2.05, 4.69) is 81.9 Å². The third-order valence-corrected chi connectivity index (χ3v) is 20.0. The van der Waals surface area contributed by atoms with Crippen molar-refractivity contribution in [3.8, 4) is 11.4 Å². The molecular formula is C68H80N2O2. The van der Waals surface area contributed by atoms with Crippen LogP contribution in [0.1, 0.15) is 262 Å². The van der Waals surface area contributed by atoms with Gasteiger partial charge in [0, 0.05) is 32.9 Å². The summed E-state index contributed by atoms with van der Waals surface area (Å²) in [5.41, 5.74) is 16.0. The van der Waals surface area contributed by atoms with E-state index in [0.717, 1.165) is 32.8 Å². The van der Waals surface area contributed by atoms with Crippen molar-refractivity contribution in [3.05, 3.63) is 139 Å². The van der Waals surface area contributed by atoms with Gasteiger partial charge in [-0.25, -0.2) is 0 Å². The Hall–Kier alpha value is -4.96. The molecule has 6 fully saturated rings. The number of pyridine rings is 2. The van der Waals surface area contributed by atoms with Crippen molar-refractivity contribution < 1.29 is 0 Å². The number of fused-ring (bicyclic) bond motifs is 4. The highest BCUT2D eigenvalue weighted by Crippen LogP contribution is 2.50. The summed E-state index contributed by atoms with van der Waals surface area (Å²) < 4.78 is 4.88. The Morgan fingerprint density at radius 3 is 0.833 bits per heavy atom. The molecule has 0 unspecified atom stereocenters. The van der Waals surface area contributed by atoms with Gasteiger partial charge in [0.05, 0.1) is 22.1 Å². The quantitative estimate of drug-likeness (QED) is 0.142. The van der Waals surface area contributed by atoms with Gasteiger partial charge in [-0.05, 0) is 207 Å². The Bertz CT molecular complexity index is 2950. The van der Waals surface area contributed by atoms with Crippen molar-refractivity contribution in [1.29, 1.82) is 0 Å². The fraction of sp³-hybridized carbons (Fsp3) is 0.529. The first-order valence-electron chi connectivity index (χ1n) is 30.0. The van der Waals surface area contributed by atoms with E-state index < -0.39 is 0 Å². The Morgan fingerprint density at radius 1 is 0.278 bits per heavy atom. The highest BCUT2D eigenvalue weighted by molar-refractivity contribution is 6.05. The Kier molecular flexibility index (Phi) is 13.3. The van der Waals surface area contributed by atoms with Crippen molar-refractivity contribution in [2.75, 3.05) is 0 Å². The fourth-order valence-electron chi connectivity index (χ4n) is 16.5. The Labute approximate surface area is 429 Å². The van der Waals surface area contributed by atoms with Crippen molar-refractivity contribution in [1.82, 2.24) is 9.13 Å². The summed E-state index contributed by atoms with van der Waals surface area (Å²) >= 11 is 0. The third kappa shape index (κ3) is 8.51. The number of benzene rings is 5. The minimum Gasteiger partial charge on any atom is -0.309 e. The van der Waals surface area contributed by atoms with Crippen LogP contribution < -0.4 is 10.9 Å². The van der Waals surface area contributed by atoms with Gasteiger partial charge >= 0.3 is 0 Å². The van der Waals surface area contributed by atoms with E-state index in [1.165, 1.54) is 204 Å². The number of para-hydroxylation sites is 2. The Morgan fingerprint density at radius 2 is 0.542 bits per heavy atom. The molecule has 6 aliphatic rings. The first kappa shape index (κ1) is 46.8. The fourth-order valence-corrected chi connectivity index (χ4v) is 16.5. The van der Waals surface area contributed by atoms with Crippen molar-refractivity contribution in [2.24, 2.45) is 0 Å². The smallest absolute Gasteiger partial charge is 0.197 e. The summed E-state index contributed by atoms with van der Waals surface area (Å²) in [4.78, 5) is 30.9. The molecule has 7 aromatic rings. The largest absolute Gasteiger partial charge is 0.309 e. The van der Waals surface area contributed by atoms with Crippen molar-refractivity contribution >= 4 is 43.6 Å². The summed E-state index contributed by atoms with van der Waals surface area (Å²) in [5, 5.41) is 2.92. The molecule has 6 saturated carbocycles. The van der Waals surface area contributed by atoms with Crippen LogP contribution in [0.4, 0.5) is 0 Å². The van der Waals surface area contributed by atoms with Crippen LogP contribution in [0.5, 0.6) is 0 Å². The highest BCUT2D eigenvalue weighted by atomic mass is 16.1. The van der Waals surface area contributed by atoms with Crippen molar-refractivity contribution in [3.63, 3.8) is 0 Å². The lowest BCUT2D eigenvalue weighted by Crippen LogP contribution is -2.20. The zero-order valence-corrected chi connectivity index (χ0v) is 43.5. The summed E-state index contributed by atoms with van der Waals surface area (Å²) in [5.74, 6) is 3.53. The van der Waals surface area contributed by atoms with E-state index in [1.54, 1.807) is 33.4 Å². The number of hydrogen-bond acceptors (Lipinski definition) is 2. The second-order valence-electron chi connectivity index (χ2n) is 24.3. The zero-order valence-electron chi connectivity index (χ0n) is 43.5. The minimum atomic E-state index is 0.0585. The third-order valence-electron chi connectivity index (χ3n) is 20.0. The van der Waals surface area contributed by atoms with E-state index >= 15 is 9.59 Å². The van der Waals surface area contributed by atoms with Crippen LogP contribution >= 0.6 is 0 Å². The number of nitrogens with zero attached hydrogens (tertiary/aromatic N) is 2. The summed E-state index contributed by atoms with van der Waals surface area (Å²) in [6.45, 7) is 0. The molecule has 0 bridgehead atoms. The van der Waals surface area contributed by atoms with E-state index in [-0.39, 0.29) is 10.9 Å². The van der Waals surface area contributed by atoms with Gasteiger partial charge in [-0.1, -0.05) is 140 Å². The molecule has 4 nitrogen and oxygen atoms in total. The number of hydrogen-bond donors (Lipinski definition) is 0. The van der Waals surface area contributed by atoms with Crippen LogP contribution in [0.15, 0.2) is 94.5 Å². The molecule has 5 aromatic carbocycles. The van der Waals surface area contributed by atoms with Crippen LogP contribution in [-0.4, -0.2) is 9.13 Å². The second kappa shape index (κ2) is 20.4. The lowest BCUT2D eigenvalue weighted by molar-refractivity contribution is 0.404. The molecule has 4 heteroatoms. The van der Waals surface area contributed by atoms with Crippen LogP contribution in [0.2, 0.25) is 0 Å². The molecule has 0 aliphatic heterocycles. The molecule has 2 heterocycles. The summed E-state index contributed by atoms with van der Waals surface area (Å²) in [6.07, 6.45) is 39.3. The monoisotopic (exact) mass is 957 g/mol. The van der Waals surface area contributed by atoms with Crippen molar-refractivity contribution in [2.45, 2.75) is 228 Å². The molecule has 0 radical (unpaired) electrons. The number of rotatable bonds is 8. The normalized spacial score (nSPS) is 21.1. The topological polar surface area (TPSA) is 44.0 Å². The molecule has 0 saturated heterocycles.